The Bertz CT molecular complexity index is 495. The number of hydrogen-bond acceptors (Lipinski definition) is 6. The van der Waals surface area contributed by atoms with Crippen LogP contribution in [0.4, 0.5) is 0 Å². The Morgan fingerprint density at radius 3 is 3.00 bits per heavy atom. The van der Waals surface area contributed by atoms with E-state index in [-0.39, 0.29) is 18.1 Å². The highest BCUT2D eigenvalue weighted by atomic mass is 16.5. The number of methoxy groups -OCH3 is 1. The molecule has 9 nitrogen and oxygen atoms in total. The van der Waals surface area contributed by atoms with Crippen LogP contribution in [0.1, 0.15) is 16.9 Å². The van der Waals surface area contributed by atoms with Gasteiger partial charge in [-0.3, -0.25) is 4.79 Å². The number of ether oxygens (including phenoxy) is 2. The van der Waals surface area contributed by atoms with Gasteiger partial charge in [-0.05, 0) is 0 Å². The maximum atomic E-state index is 11.8. The van der Waals surface area contributed by atoms with E-state index < -0.39 is 11.6 Å². The summed E-state index contributed by atoms with van der Waals surface area (Å²) in [6.07, 6.45) is 1.92. The minimum Gasteiger partial charge on any atom is -0.476 e. The second-order valence-corrected chi connectivity index (χ2v) is 4.57. The smallest absolute Gasteiger partial charge is 0.358 e. The molecular formula is C11H16N4O5. The lowest BCUT2D eigenvalue weighted by molar-refractivity contribution is -0.123. The fraction of sp³-hybridized carbons (Fsp3) is 0.636. The van der Waals surface area contributed by atoms with Gasteiger partial charge in [0.15, 0.2) is 5.69 Å². The molecule has 1 aliphatic heterocycles. The number of nitrogens with zero attached hydrogens (tertiary/aromatic N) is 3. The van der Waals surface area contributed by atoms with Crippen molar-refractivity contribution in [2.75, 3.05) is 26.9 Å². The molecule has 1 aromatic heterocycles. The molecule has 2 heterocycles. The second-order valence-electron chi connectivity index (χ2n) is 4.57. The molecule has 2 N–H and O–H groups in total. The molecule has 0 bridgehead atoms. The van der Waals surface area contributed by atoms with E-state index in [0.717, 1.165) is 6.42 Å². The Labute approximate surface area is 114 Å². The lowest BCUT2D eigenvalue weighted by Gasteiger charge is -2.25. The summed E-state index contributed by atoms with van der Waals surface area (Å²) >= 11 is 0. The number of carboxylic acids is 1. The SMILES string of the molecule is COC1(CNC(=O)Cn2cc(C(=O)O)nn2)CCOC1. The summed E-state index contributed by atoms with van der Waals surface area (Å²) in [6, 6.07) is 0. The Hall–Kier alpha value is -2.00. The zero-order valence-corrected chi connectivity index (χ0v) is 11.0. The van der Waals surface area contributed by atoms with Crippen LogP contribution in [0.2, 0.25) is 0 Å². The Morgan fingerprint density at radius 1 is 1.65 bits per heavy atom. The molecule has 0 aliphatic carbocycles. The predicted molar refractivity (Wildman–Crippen MR) is 65.2 cm³/mol. The van der Waals surface area contributed by atoms with Crippen molar-refractivity contribution in [2.45, 2.75) is 18.6 Å². The fourth-order valence-electron chi connectivity index (χ4n) is 1.90. The van der Waals surface area contributed by atoms with Gasteiger partial charge in [0.25, 0.3) is 0 Å². The molecule has 1 saturated heterocycles. The van der Waals surface area contributed by atoms with Gasteiger partial charge in [-0.2, -0.15) is 0 Å². The molecule has 1 amide bonds. The summed E-state index contributed by atoms with van der Waals surface area (Å²) in [5.41, 5.74) is -0.681. The van der Waals surface area contributed by atoms with Gasteiger partial charge in [-0.15, -0.1) is 5.10 Å². The average molecular weight is 284 g/mol. The van der Waals surface area contributed by atoms with Crippen molar-refractivity contribution >= 4 is 11.9 Å². The normalized spacial score (nSPS) is 21.9. The van der Waals surface area contributed by atoms with E-state index in [1.54, 1.807) is 7.11 Å². The third-order valence-corrected chi connectivity index (χ3v) is 3.17. The third kappa shape index (κ3) is 3.31. The van der Waals surface area contributed by atoms with Gasteiger partial charge in [-0.25, -0.2) is 9.48 Å². The molecular weight excluding hydrogens is 268 g/mol. The van der Waals surface area contributed by atoms with Crippen LogP contribution in [0.5, 0.6) is 0 Å². The van der Waals surface area contributed by atoms with Crippen molar-refractivity contribution in [1.29, 1.82) is 0 Å². The summed E-state index contributed by atoms with van der Waals surface area (Å²) in [6.45, 7) is 1.29. The fourth-order valence-corrected chi connectivity index (χ4v) is 1.90. The molecule has 20 heavy (non-hydrogen) atoms. The molecule has 0 radical (unpaired) electrons. The average Bonchev–Trinajstić information content (AvgIpc) is 3.06. The number of carboxylic acid groups (broad SMARTS) is 1. The van der Waals surface area contributed by atoms with E-state index in [2.05, 4.69) is 15.6 Å². The number of aromatic carboxylic acids is 1. The molecule has 0 aromatic carbocycles. The zero-order valence-electron chi connectivity index (χ0n) is 11.0. The Balaban J connectivity index is 1.84. The van der Waals surface area contributed by atoms with Gasteiger partial charge in [0.05, 0.1) is 12.8 Å². The van der Waals surface area contributed by atoms with Crippen LogP contribution in [-0.4, -0.2) is 64.4 Å². The quantitative estimate of drug-likeness (QED) is 0.681. The molecule has 1 aliphatic rings. The van der Waals surface area contributed by atoms with Crippen molar-refractivity contribution in [3.63, 3.8) is 0 Å². The molecule has 9 heteroatoms. The van der Waals surface area contributed by atoms with Gasteiger partial charge < -0.3 is 19.9 Å². The first-order chi connectivity index (χ1) is 9.54. The van der Waals surface area contributed by atoms with Crippen molar-refractivity contribution in [2.24, 2.45) is 0 Å². The number of nitrogens with one attached hydrogen (secondary N) is 1. The van der Waals surface area contributed by atoms with Crippen LogP contribution >= 0.6 is 0 Å². The third-order valence-electron chi connectivity index (χ3n) is 3.17. The standard InChI is InChI=1S/C11H16N4O5/c1-19-11(2-3-20-7-11)6-12-9(16)5-15-4-8(10(17)18)13-14-15/h4H,2-3,5-7H2,1H3,(H,12,16)(H,17,18). The lowest BCUT2D eigenvalue weighted by atomic mass is 10.0. The highest BCUT2D eigenvalue weighted by molar-refractivity contribution is 5.84. The van der Waals surface area contributed by atoms with Crippen LogP contribution in [0.15, 0.2) is 6.20 Å². The molecule has 1 unspecified atom stereocenters. The topological polar surface area (TPSA) is 116 Å². The first-order valence-corrected chi connectivity index (χ1v) is 6.08. The summed E-state index contributed by atoms with van der Waals surface area (Å²) in [5.74, 6) is -1.48. The minimum atomic E-state index is -1.18. The molecule has 1 atom stereocenters. The number of hydrogen-bond donors (Lipinski definition) is 2. The number of amides is 1. The van der Waals surface area contributed by atoms with Gasteiger partial charge in [-0.1, -0.05) is 5.21 Å². The van der Waals surface area contributed by atoms with Crippen LogP contribution in [0.3, 0.4) is 0 Å². The van der Waals surface area contributed by atoms with Gasteiger partial charge in [0, 0.05) is 26.7 Å². The maximum absolute atomic E-state index is 11.8. The zero-order chi connectivity index (χ0) is 14.6. The van der Waals surface area contributed by atoms with E-state index in [4.69, 9.17) is 14.6 Å². The summed E-state index contributed by atoms with van der Waals surface area (Å²) in [7, 11) is 1.58. The number of aromatic nitrogens is 3. The minimum absolute atomic E-state index is 0.0963. The van der Waals surface area contributed by atoms with Crippen molar-refractivity contribution < 1.29 is 24.2 Å². The monoisotopic (exact) mass is 284 g/mol. The number of rotatable bonds is 6. The van der Waals surface area contributed by atoms with Crippen molar-refractivity contribution in [3.05, 3.63) is 11.9 Å². The van der Waals surface area contributed by atoms with Crippen LogP contribution < -0.4 is 5.32 Å². The van der Waals surface area contributed by atoms with Gasteiger partial charge in [0.2, 0.25) is 5.91 Å². The first kappa shape index (κ1) is 14.4. The van der Waals surface area contributed by atoms with Crippen LogP contribution in [0.25, 0.3) is 0 Å². The number of carbonyl (C=O) groups is 2. The second kappa shape index (κ2) is 5.97. The molecule has 110 valence electrons. The van der Waals surface area contributed by atoms with E-state index in [0.29, 0.717) is 19.8 Å². The predicted octanol–water partition coefficient (Wildman–Crippen LogP) is -1.10. The summed E-state index contributed by atoms with van der Waals surface area (Å²) < 4.78 is 11.8. The first-order valence-electron chi connectivity index (χ1n) is 6.08. The number of carbonyl (C=O) groups excluding carboxylic acids is 1. The highest BCUT2D eigenvalue weighted by Crippen LogP contribution is 2.21. The van der Waals surface area contributed by atoms with E-state index in [9.17, 15) is 9.59 Å². The Kier molecular flexibility index (Phi) is 4.30. The molecule has 1 fully saturated rings. The largest absolute Gasteiger partial charge is 0.476 e. The van der Waals surface area contributed by atoms with Crippen molar-refractivity contribution in [3.8, 4) is 0 Å². The lowest BCUT2D eigenvalue weighted by Crippen LogP contribution is -2.45. The van der Waals surface area contributed by atoms with Crippen LogP contribution in [-0.2, 0) is 20.8 Å². The molecule has 1 aromatic rings. The van der Waals surface area contributed by atoms with Gasteiger partial charge in [0.1, 0.15) is 12.1 Å². The summed E-state index contributed by atoms with van der Waals surface area (Å²) in [4.78, 5) is 22.4. The Morgan fingerprint density at radius 2 is 2.45 bits per heavy atom. The molecule has 2 rings (SSSR count). The highest BCUT2D eigenvalue weighted by Gasteiger charge is 2.35. The van der Waals surface area contributed by atoms with Crippen molar-refractivity contribution in [1.82, 2.24) is 20.3 Å². The summed E-state index contributed by atoms with van der Waals surface area (Å²) in [5, 5.41) is 18.4. The maximum Gasteiger partial charge on any atom is 0.358 e. The van der Waals surface area contributed by atoms with E-state index in [1.807, 2.05) is 0 Å². The molecule has 0 spiro atoms. The van der Waals surface area contributed by atoms with E-state index >= 15 is 0 Å². The van der Waals surface area contributed by atoms with Crippen LogP contribution in [0, 0.1) is 0 Å². The van der Waals surface area contributed by atoms with E-state index in [1.165, 1.54) is 10.9 Å². The molecule has 0 saturated carbocycles. The van der Waals surface area contributed by atoms with Gasteiger partial charge >= 0.3 is 5.97 Å².